The van der Waals surface area contributed by atoms with Gasteiger partial charge in [-0.05, 0) is 18.2 Å². The molecule has 1 aliphatic carbocycles. The van der Waals surface area contributed by atoms with Crippen LogP contribution in [0, 0.1) is 5.41 Å². The van der Waals surface area contributed by atoms with Gasteiger partial charge >= 0.3 is 6.18 Å². The number of halogens is 3. The Balaban J connectivity index is 2.71. The molecule has 0 aromatic rings. The lowest BCUT2D eigenvalue weighted by molar-refractivity contribution is -0.198. The van der Waals surface area contributed by atoms with E-state index in [1.807, 2.05) is 6.92 Å². The lowest BCUT2D eigenvalue weighted by Gasteiger charge is -2.36. The maximum Gasteiger partial charge on any atom is 0.394 e. The molecule has 0 aromatic carbocycles. The van der Waals surface area contributed by atoms with Crippen LogP contribution in [-0.4, -0.2) is 14.0 Å². The maximum absolute atomic E-state index is 12.8. The zero-order chi connectivity index (χ0) is 11.0. The molecule has 1 unspecified atom stereocenters. The summed E-state index contributed by atoms with van der Waals surface area (Å²) in [5, 5.41) is -0.582. The monoisotopic (exact) mass is 206 g/mol. The van der Waals surface area contributed by atoms with E-state index in [1.54, 1.807) is 14.8 Å². The molecule has 1 fully saturated rings. The SMILES string of the molecule is BC(C)(CCCC)C1(C(F)(F)F)CC1. The first-order valence-electron chi connectivity index (χ1n) is 5.33. The number of unbranched alkanes of at least 4 members (excludes halogenated alkanes) is 1. The van der Waals surface area contributed by atoms with Gasteiger partial charge in [0, 0.05) is 0 Å². The van der Waals surface area contributed by atoms with E-state index in [0.29, 0.717) is 19.3 Å². The van der Waals surface area contributed by atoms with Gasteiger partial charge in [-0.1, -0.05) is 33.1 Å². The Kier molecular flexibility index (Phi) is 2.95. The van der Waals surface area contributed by atoms with Gasteiger partial charge in [-0.25, -0.2) is 0 Å². The summed E-state index contributed by atoms with van der Waals surface area (Å²) in [4.78, 5) is 0. The quantitative estimate of drug-likeness (QED) is 0.619. The van der Waals surface area contributed by atoms with Crippen LogP contribution in [0.15, 0.2) is 0 Å². The second kappa shape index (κ2) is 3.46. The molecular weight excluding hydrogens is 188 g/mol. The van der Waals surface area contributed by atoms with Crippen molar-refractivity contribution in [2.24, 2.45) is 5.41 Å². The van der Waals surface area contributed by atoms with Crippen molar-refractivity contribution < 1.29 is 13.2 Å². The Morgan fingerprint density at radius 1 is 1.29 bits per heavy atom. The molecule has 0 amide bonds. The summed E-state index contributed by atoms with van der Waals surface area (Å²) in [6.45, 7) is 3.78. The van der Waals surface area contributed by atoms with Crippen LogP contribution in [0.2, 0.25) is 5.31 Å². The zero-order valence-electron chi connectivity index (χ0n) is 9.17. The van der Waals surface area contributed by atoms with Crippen molar-refractivity contribution in [2.75, 3.05) is 0 Å². The van der Waals surface area contributed by atoms with E-state index in [2.05, 4.69) is 0 Å². The zero-order valence-corrected chi connectivity index (χ0v) is 9.17. The molecule has 1 aliphatic rings. The number of alkyl halides is 3. The van der Waals surface area contributed by atoms with Gasteiger partial charge < -0.3 is 0 Å². The fourth-order valence-electron chi connectivity index (χ4n) is 2.33. The van der Waals surface area contributed by atoms with Crippen molar-refractivity contribution in [3.05, 3.63) is 0 Å². The molecule has 0 N–H and O–H groups in total. The van der Waals surface area contributed by atoms with Crippen molar-refractivity contribution in [3.63, 3.8) is 0 Å². The Hall–Kier alpha value is -0.145. The smallest absolute Gasteiger partial charge is 0.171 e. The van der Waals surface area contributed by atoms with E-state index < -0.39 is 16.9 Å². The van der Waals surface area contributed by atoms with Crippen molar-refractivity contribution in [1.82, 2.24) is 0 Å². The van der Waals surface area contributed by atoms with E-state index in [1.165, 1.54) is 0 Å². The van der Waals surface area contributed by atoms with Crippen molar-refractivity contribution in [3.8, 4) is 0 Å². The van der Waals surface area contributed by atoms with Gasteiger partial charge in [0.1, 0.15) is 7.85 Å². The van der Waals surface area contributed by atoms with Gasteiger partial charge in [-0.2, -0.15) is 13.2 Å². The Morgan fingerprint density at radius 2 is 1.79 bits per heavy atom. The van der Waals surface area contributed by atoms with Crippen LogP contribution in [0.1, 0.15) is 46.0 Å². The molecule has 0 spiro atoms. The highest BCUT2D eigenvalue weighted by Gasteiger charge is 2.69. The minimum absolute atomic E-state index is 0.327. The first kappa shape index (κ1) is 11.9. The molecule has 82 valence electrons. The lowest BCUT2D eigenvalue weighted by Crippen LogP contribution is -2.36. The summed E-state index contributed by atoms with van der Waals surface area (Å²) in [6, 6.07) is 0. The second-order valence-corrected chi connectivity index (χ2v) is 5.07. The molecule has 0 nitrogen and oxygen atoms in total. The molecule has 0 aromatic heterocycles. The summed E-state index contributed by atoms with van der Waals surface area (Å²) in [5.41, 5.74) is -1.37. The number of hydrogen-bond acceptors (Lipinski definition) is 0. The molecule has 0 radical (unpaired) electrons. The van der Waals surface area contributed by atoms with Gasteiger partial charge in [0.2, 0.25) is 0 Å². The average Bonchev–Trinajstić information content (AvgIpc) is 2.78. The normalized spacial score (nSPS) is 24.4. The van der Waals surface area contributed by atoms with Gasteiger partial charge in [0.25, 0.3) is 0 Å². The average molecular weight is 206 g/mol. The molecule has 1 atom stereocenters. The first-order chi connectivity index (χ1) is 6.27. The van der Waals surface area contributed by atoms with E-state index >= 15 is 0 Å². The van der Waals surface area contributed by atoms with Gasteiger partial charge in [0.15, 0.2) is 0 Å². The Labute approximate surface area is 84.7 Å². The van der Waals surface area contributed by atoms with Gasteiger partial charge in [-0.3, -0.25) is 0 Å². The Morgan fingerprint density at radius 3 is 2.07 bits per heavy atom. The van der Waals surface area contributed by atoms with Crippen molar-refractivity contribution >= 4 is 7.85 Å². The molecule has 1 rings (SSSR count). The van der Waals surface area contributed by atoms with Crippen LogP contribution in [0.25, 0.3) is 0 Å². The minimum Gasteiger partial charge on any atom is -0.171 e. The van der Waals surface area contributed by atoms with Gasteiger partial charge in [-0.15, -0.1) is 0 Å². The third-order valence-electron chi connectivity index (χ3n) is 3.74. The molecule has 0 aliphatic heterocycles. The van der Waals surface area contributed by atoms with Crippen LogP contribution in [0.5, 0.6) is 0 Å². The highest BCUT2D eigenvalue weighted by molar-refractivity contribution is 6.15. The molecule has 14 heavy (non-hydrogen) atoms. The lowest BCUT2D eigenvalue weighted by atomic mass is 9.57. The predicted molar refractivity (Wildman–Crippen MR) is 54.2 cm³/mol. The number of rotatable bonds is 4. The third-order valence-corrected chi connectivity index (χ3v) is 3.74. The highest BCUT2D eigenvalue weighted by atomic mass is 19.4. The van der Waals surface area contributed by atoms with E-state index in [-0.39, 0.29) is 0 Å². The van der Waals surface area contributed by atoms with E-state index in [9.17, 15) is 13.2 Å². The number of hydrogen-bond donors (Lipinski definition) is 0. The molecule has 4 heteroatoms. The summed E-state index contributed by atoms with van der Waals surface area (Å²) >= 11 is 0. The van der Waals surface area contributed by atoms with Gasteiger partial charge in [0.05, 0.1) is 5.41 Å². The van der Waals surface area contributed by atoms with Crippen LogP contribution >= 0.6 is 0 Å². The third kappa shape index (κ3) is 1.80. The van der Waals surface area contributed by atoms with E-state index in [4.69, 9.17) is 0 Å². The predicted octanol–water partition coefficient (Wildman–Crippen LogP) is 3.33. The van der Waals surface area contributed by atoms with Crippen LogP contribution < -0.4 is 0 Å². The fraction of sp³-hybridized carbons (Fsp3) is 1.00. The largest absolute Gasteiger partial charge is 0.394 e. The molecule has 0 heterocycles. The first-order valence-corrected chi connectivity index (χ1v) is 5.33. The molecule has 1 saturated carbocycles. The summed E-state index contributed by atoms with van der Waals surface area (Å²) < 4.78 is 38.5. The highest BCUT2D eigenvalue weighted by Crippen LogP contribution is 2.70. The minimum atomic E-state index is -4.01. The summed E-state index contributed by atoms with van der Waals surface area (Å²) in [6.07, 6.45) is -0.810. The van der Waals surface area contributed by atoms with Crippen LogP contribution in [0.3, 0.4) is 0 Å². The van der Waals surface area contributed by atoms with Crippen molar-refractivity contribution in [1.29, 1.82) is 0 Å². The van der Waals surface area contributed by atoms with Crippen molar-refractivity contribution in [2.45, 2.75) is 57.4 Å². The van der Waals surface area contributed by atoms with Crippen LogP contribution in [-0.2, 0) is 0 Å². The fourth-order valence-corrected chi connectivity index (χ4v) is 2.33. The Bertz CT molecular complexity index is 204. The van der Waals surface area contributed by atoms with Crippen LogP contribution in [0.4, 0.5) is 13.2 Å². The second-order valence-electron chi connectivity index (χ2n) is 5.07. The molecule has 0 bridgehead atoms. The summed E-state index contributed by atoms with van der Waals surface area (Å²) in [5.74, 6) is 0. The topological polar surface area (TPSA) is 0 Å². The molecular formula is C10H18BF3. The summed E-state index contributed by atoms with van der Waals surface area (Å²) in [7, 11) is 1.77. The van der Waals surface area contributed by atoms with E-state index in [0.717, 1.165) is 12.8 Å². The standard InChI is InChI=1S/C10H18BF3/c1-3-4-5-8(2,11)9(6-7-9)10(12,13)14/h3-7,11H2,1-2H3. The maximum atomic E-state index is 12.8. The molecule has 0 saturated heterocycles.